The molecule has 0 saturated carbocycles. The average Bonchev–Trinajstić information content (AvgIpc) is 3.12. The average molecular weight is 489 g/mol. The number of nitrogens with one attached hydrogen (secondary N) is 2. The number of nitrogens with zero attached hydrogens (tertiary/aromatic N) is 2. The minimum absolute atomic E-state index is 0.0285. The van der Waals surface area contributed by atoms with Gasteiger partial charge in [0.05, 0.1) is 22.0 Å². The Morgan fingerprint density at radius 1 is 0.886 bits per heavy atom. The van der Waals surface area contributed by atoms with E-state index in [-0.39, 0.29) is 17.3 Å². The molecule has 8 heteroatoms. The Morgan fingerprint density at radius 2 is 1.57 bits per heavy atom. The molecule has 0 radical (unpaired) electrons. The van der Waals surface area contributed by atoms with Crippen LogP contribution < -0.4 is 10.0 Å². The van der Waals surface area contributed by atoms with Gasteiger partial charge in [-0.05, 0) is 69.2 Å². The van der Waals surface area contributed by atoms with Crippen LogP contribution in [0.1, 0.15) is 38.4 Å². The predicted octanol–water partition coefficient (Wildman–Crippen LogP) is 4.84. The van der Waals surface area contributed by atoms with Crippen LogP contribution in [-0.4, -0.2) is 24.1 Å². The van der Waals surface area contributed by atoms with Gasteiger partial charge in [0, 0.05) is 23.4 Å². The second kappa shape index (κ2) is 9.76. The molecule has 1 heterocycles. The fraction of sp³-hybridized carbons (Fsp3) is 0.185. The number of anilines is 1. The molecule has 0 aliphatic carbocycles. The first-order valence-electron chi connectivity index (χ1n) is 11.2. The van der Waals surface area contributed by atoms with Crippen molar-refractivity contribution in [2.24, 2.45) is 0 Å². The van der Waals surface area contributed by atoms with Crippen molar-refractivity contribution in [2.45, 2.75) is 39.1 Å². The van der Waals surface area contributed by atoms with Crippen LogP contribution in [0, 0.1) is 27.7 Å². The molecule has 0 aliphatic heterocycles. The van der Waals surface area contributed by atoms with E-state index in [1.54, 1.807) is 25.1 Å². The number of aryl methyl sites for hydroxylation is 3. The number of aromatic nitrogens is 2. The number of carbonyl (C=O) groups excluding carboxylic acids is 1. The lowest BCUT2D eigenvalue weighted by atomic mass is 10.1. The second-order valence-electron chi connectivity index (χ2n) is 8.48. The van der Waals surface area contributed by atoms with Crippen molar-refractivity contribution >= 4 is 21.6 Å². The molecule has 1 amide bonds. The van der Waals surface area contributed by atoms with Gasteiger partial charge in [0.2, 0.25) is 0 Å². The largest absolute Gasteiger partial charge is 0.348 e. The molecule has 7 nitrogen and oxygen atoms in total. The van der Waals surface area contributed by atoms with Gasteiger partial charge in [-0.3, -0.25) is 9.52 Å². The lowest BCUT2D eigenvalue weighted by molar-refractivity contribution is 0.0950. The molecular weight excluding hydrogens is 460 g/mol. The number of sulfonamides is 1. The third-order valence-corrected chi connectivity index (χ3v) is 7.38. The van der Waals surface area contributed by atoms with Gasteiger partial charge >= 0.3 is 0 Å². The summed E-state index contributed by atoms with van der Waals surface area (Å²) in [5.41, 5.74) is 5.93. The molecule has 0 bridgehead atoms. The maximum Gasteiger partial charge on any atom is 0.261 e. The lowest BCUT2D eigenvalue weighted by Gasteiger charge is -2.13. The summed E-state index contributed by atoms with van der Waals surface area (Å²) >= 11 is 0. The molecule has 0 unspecified atom stereocenters. The van der Waals surface area contributed by atoms with E-state index in [0.29, 0.717) is 16.8 Å². The van der Waals surface area contributed by atoms with E-state index < -0.39 is 10.0 Å². The van der Waals surface area contributed by atoms with Gasteiger partial charge in [-0.1, -0.05) is 42.5 Å². The summed E-state index contributed by atoms with van der Waals surface area (Å²) in [7, 11) is -3.86. The Balaban J connectivity index is 1.55. The minimum Gasteiger partial charge on any atom is -0.348 e. The Kier molecular flexibility index (Phi) is 6.75. The van der Waals surface area contributed by atoms with Gasteiger partial charge in [-0.15, -0.1) is 0 Å². The van der Waals surface area contributed by atoms with Gasteiger partial charge in [-0.2, -0.15) is 5.10 Å². The highest BCUT2D eigenvalue weighted by Gasteiger charge is 2.20. The first-order valence-corrected chi connectivity index (χ1v) is 12.7. The Hall–Kier alpha value is -3.91. The molecule has 4 rings (SSSR count). The van der Waals surface area contributed by atoms with E-state index in [2.05, 4.69) is 15.1 Å². The quantitative estimate of drug-likeness (QED) is 0.389. The van der Waals surface area contributed by atoms with Gasteiger partial charge < -0.3 is 5.32 Å². The Labute approximate surface area is 205 Å². The Morgan fingerprint density at radius 3 is 2.29 bits per heavy atom. The minimum atomic E-state index is -3.86. The van der Waals surface area contributed by atoms with Crippen molar-refractivity contribution in [1.82, 2.24) is 15.1 Å². The molecule has 3 aromatic carbocycles. The molecule has 0 spiro atoms. The molecular formula is C27H28N4O3S. The maximum atomic E-state index is 13.1. The molecule has 0 saturated heterocycles. The molecule has 0 atom stereocenters. The van der Waals surface area contributed by atoms with Crippen molar-refractivity contribution in [1.29, 1.82) is 0 Å². The van der Waals surface area contributed by atoms with E-state index in [0.717, 1.165) is 28.2 Å². The van der Waals surface area contributed by atoms with Crippen LogP contribution in [0.2, 0.25) is 0 Å². The van der Waals surface area contributed by atoms with Crippen LogP contribution in [0.15, 0.2) is 77.7 Å². The van der Waals surface area contributed by atoms with Crippen molar-refractivity contribution in [3.63, 3.8) is 0 Å². The molecule has 2 N–H and O–H groups in total. The smallest absolute Gasteiger partial charge is 0.261 e. The number of hydrogen-bond acceptors (Lipinski definition) is 4. The summed E-state index contributed by atoms with van der Waals surface area (Å²) in [6.45, 7) is 7.76. The number of rotatable bonds is 7. The van der Waals surface area contributed by atoms with Crippen molar-refractivity contribution in [3.8, 4) is 5.69 Å². The maximum absolute atomic E-state index is 13.1. The number of carbonyl (C=O) groups is 1. The lowest BCUT2D eigenvalue weighted by Crippen LogP contribution is -2.25. The van der Waals surface area contributed by atoms with Gasteiger partial charge in [-0.25, -0.2) is 13.1 Å². The van der Waals surface area contributed by atoms with Crippen molar-refractivity contribution in [2.75, 3.05) is 4.72 Å². The van der Waals surface area contributed by atoms with Crippen LogP contribution in [0.25, 0.3) is 5.69 Å². The normalized spacial score (nSPS) is 11.3. The second-order valence-corrected chi connectivity index (χ2v) is 10.2. The van der Waals surface area contributed by atoms with Crippen molar-refractivity contribution in [3.05, 3.63) is 106 Å². The third kappa shape index (κ3) is 5.12. The third-order valence-electron chi connectivity index (χ3n) is 6.02. The van der Waals surface area contributed by atoms with E-state index in [1.807, 2.05) is 67.9 Å². The van der Waals surface area contributed by atoms with E-state index in [1.165, 1.54) is 12.1 Å². The molecule has 35 heavy (non-hydrogen) atoms. The van der Waals surface area contributed by atoms with Gasteiger partial charge in [0.1, 0.15) is 0 Å². The highest BCUT2D eigenvalue weighted by molar-refractivity contribution is 7.92. The zero-order valence-electron chi connectivity index (χ0n) is 20.2. The predicted molar refractivity (Wildman–Crippen MR) is 137 cm³/mol. The molecule has 1 aromatic heterocycles. The molecule has 180 valence electrons. The summed E-state index contributed by atoms with van der Waals surface area (Å²) in [5, 5.41) is 7.55. The number of benzene rings is 3. The summed E-state index contributed by atoms with van der Waals surface area (Å²) < 4.78 is 30.4. The summed E-state index contributed by atoms with van der Waals surface area (Å²) in [5.74, 6) is -0.346. The van der Waals surface area contributed by atoms with Crippen LogP contribution >= 0.6 is 0 Å². The number of hydrogen-bond donors (Lipinski definition) is 2. The van der Waals surface area contributed by atoms with Crippen molar-refractivity contribution < 1.29 is 13.2 Å². The first kappa shape index (κ1) is 24.2. The topological polar surface area (TPSA) is 93.1 Å². The fourth-order valence-electron chi connectivity index (χ4n) is 3.92. The van der Waals surface area contributed by atoms with E-state index in [4.69, 9.17) is 0 Å². The van der Waals surface area contributed by atoms with Gasteiger partial charge in [0.25, 0.3) is 15.9 Å². The zero-order valence-corrected chi connectivity index (χ0v) is 21.0. The number of amides is 1. The zero-order chi connectivity index (χ0) is 25.2. The number of para-hydroxylation sites is 2. The van der Waals surface area contributed by atoms with Crippen LogP contribution in [0.3, 0.4) is 0 Å². The SMILES string of the molecule is Cc1ccccc1NS(=O)(=O)c1ccc(C)c(C(=O)NCc2c(C)nn(-c3ccccc3)c2C)c1. The highest BCUT2D eigenvalue weighted by atomic mass is 32.2. The Bertz CT molecular complexity index is 1490. The van der Waals surface area contributed by atoms with E-state index in [9.17, 15) is 13.2 Å². The van der Waals surface area contributed by atoms with Crippen LogP contribution in [0.5, 0.6) is 0 Å². The van der Waals surface area contributed by atoms with Gasteiger partial charge in [0.15, 0.2) is 0 Å². The summed E-state index contributed by atoms with van der Waals surface area (Å²) in [4.78, 5) is 13.1. The van der Waals surface area contributed by atoms with E-state index >= 15 is 0 Å². The van der Waals surface area contributed by atoms with Crippen LogP contribution in [-0.2, 0) is 16.6 Å². The first-order chi connectivity index (χ1) is 16.7. The summed E-state index contributed by atoms with van der Waals surface area (Å²) in [6.07, 6.45) is 0. The molecule has 0 aliphatic rings. The fourth-order valence-corrected chi connectivity index (χ4v) is 5.08. The summed E-state index contributed by atoms with van der Waals surface area (Å²) in [6, 6.07) is 21.5. The molecule has 0 fully saturated rings. The molecule has 4 aromatic rings. The monoisotopic (exact) mass is 488 g/mol. The van der Waals surface area contributed by atoms with Crippen LogP contribution in [0.4, 0.5) is 5.69 Å². The standard InChI is InChI=1S/C27H28N4O3S/c1-18-14-15-23(35(33,34)30-26-13-9-8-10-19(26)2)16-24(18)27(32)28-17-25-20(3)29-31(21(25)4)22-11-6-5-7-12-22/h5-16,30H,17H2,1-4H3,(H,28,32). The highest BCUT2D eigenvalue weighted by Crippen LogP contribution is 2.22.